The first-order chi connectivity index (χ1) is 13.4. The Balaban J connectivity index is 1.82. The molecule has 0 bridgehead atoms. The van der Waals surface area contributed by atoms with Crippen LogP contribution in [-0.4, -0.2) is 44.7 Å². The smallest absolute Gasteiger partial charge is 0.234 e. The van der Waals surface area contributed by atoms with Crippen LogP contribution in [0, 0.1) is 11.7 Å². The molecule has 2 aromatic carbocycles. The second-order valence-electron chi connectivity index (χ2n) is 7.11. The van der Waals surface area contributed by atoms with Crippen LogP contribution in [0.5, 0.6) is 11.5 Å². The quantitative estimate of drug-likeness (QED) is 0.675. The van der Waals surface area contributed by atoms with E-state index in [0.717, 1.165) is 11.3 Å². The maximum atomic E-state index is 13.1. The van der Waals surface area contributed by atoms with E-state index in [4.69, 9.17) is 9.47 Å². The van der Waals surface area contributed by atoms with Gasteiger partial charge in [0.15, 0.2) is 0 Å². The van der Waals surface area contributed by atoms with Gasteiger partial charge in [0.1, 0.15) is 23.9 Å². The first kappa shape index (κ1) is 21.7. The molecule has 0 aliphatic rings. The van der Waals surface area contributed by atoms with E-state index < -0.39 is 0 Å². The van der Waals surface area contributed by atoms with Crippen molar-refractivity contribution in [1.82, 2.24) is 10.2 Å². The third-order valence-electron chi connectivity index (χ3n) is 4.41. The summed E-state index contributed by atoms with van der Waals surface area (Å²) in [6.07, 6.45) is 0. The number of nitrogens with zero attached hydrogens (tertiary/aromatic N) is 1. The molecule has 0 radical (unpaired) electrons. The summed E-state index contributed by atoms with van der Waals surface area (Å²) < 4.78 is 23.9. The normalized spacial score (nSPS) is 12.1. The van der Waals surface area contributed by atoms with Gasteiger partial charge in [-0.1, -0.05) is 32.0 Å². The molecule has 0 saturated carbocycles. The zero-order valence-electron chi connectivity index (χ0n) is 16.9. The molecule has 2 aromatic rings. The van der Waals surface area contributed by atoms with Gasteiger partial charge in [-0.15, -0.1) is 0 Å². The van der Waals surface area contributed by atoms with Gasteiger partial charge in [0, 0.05) is 12.6 Å². The summed E-state index contributed by atoms with van der Waals surface area (Å²) in [6.45, 7) is 5.33. The summed E-state index contributed by atoms with van der Waals surface area (Å²) in [7, 11) is 3.48. The van der Waals surface area contributed by atoms with E-state index in [0.29, 0.717) is 18.9 Å². The monoisotopic (exact) mass is 388 g/mol. The Bertz CT molecular complexity index is 750. The lowest BCUT2D eigenvalue weighted by molar-refractivity contribution is -0.123. The molecule has 0 aliphatic heterocycles. The molecule has 28 heavy (non-hydrogen) atoms. The fourth-order valence-corrected chi connectivity index (χ4v) is 2.87. The van der Waals surface area contributed by atoms with Crippen LogP contribution < -0.4 is 14.8 Å². The molecule has 0 saturated heterocycles. The van der Waals surface area contributed by atoms with E-state index in [1.807, 2.05) is 36.2 Å². The number of benzene rings is 2. The predicted molar refractivity (Wildman–Crippen MR) is 108 cm³/mol. The highest BCUT2D eigenvalue weighted by Crippen LogP contribution is 2.23. The lowest BCUT2D eigenvalue weighted by Crippen LogP contribution is -2.40. The number of rotatable bonds is 10. The number of methoxy groups -OCH3 is 1. The number of likely N-dealkylation sites (N-methyl/N-ethyl adjacent to an activating group) is 1. The molecule has 0 spiro atoms. The molecule has 152 valence electrons. The lowest BCUT2D eigenvalue weighted by atomic mass is 9.96. The molecule has 1 unspecified atom stereocenters. The van der Waals surface area contributed by atoms with Crippen LogP contribution >= 0.6 is 0 Å². The number of halogens is 1. The van der Waals surface area contributed by atoms with Crippen LogP contribution in [0.4, 0.5) is 4.39 Å². The van der Waals surface area contributed by atoms with E-state index in [1.165, 1.54) is 12.1 Å². The van der Waals surface area contributed by atoms with Gasteiger partial charge < -0.3 is 14.8 Å². The molecular weight excluding hydrogens is 359 g/mol. The number of nitrogens with one attached hydrogen (secondary N) is 1. The van der Waals surface area contributed by atoms with E-state index in [2.05, 4.69) is 19.2 Å². The molecule has 0 heterocycles. The molecule has 6 heteroatoms. The van der Waals surface area contributed by atoms with Crippen molar-refractivity contribution in [2.45, 2.75) is 19.9 Å². The third kappa shape index (κ3) is 6.85. The molecule has 0 aliphatic carbocycles. The van der Waals surface area contributed by atoms with Gasteiger partial charge in [0.05, 0.1) is 19.7 Å². The Labute approximate surface area is 166 Å². The second-order valence-corrected chi connectivity index (χ2v) is 7.11. The minimum atomic E-state index is -0.330. The van der Waals surface area contributed by atoms with Gasteiger partial charge in [0.25, 0.3) is 0 Å². The van der Waals surface area contributed by atoms with E-state index >= 15 is 0 Å². The highest BCUT2D eigenvalue weighted by atomic mass is 19.1. The fraction of sp³-hybridized carbons (Fsp3) is 0.409. The summed E-state index contributed by atoms with van der Waals surface area (Å²) in [5, 5.41) is 3.10. The van der Waals surface area contributed by atoms with Crippen molar-refractivity contribution in [2.75, 3.05) is 33.9 Å². The maximum Gasteiger partial charge on any atom is 0.234 e. The van der Waals surface area contributed by atoms with E-state index in [-0.39, 0.29) is 30.2 Å². The standard InChI is InChI=1S/C22H29FN2O3/c1-16(2)22(17-8-10-19(27-4)11-9-17)24-21(26)15-25(3)12-13-28-20-7-5-6-18(23)14-20/h5-11,14,16,22H,12-13,15H2,1-4H3,(H,24,26). The minimum Gasteiger partial charge on any atom is -0.497 e. The molecule has 1 atom stereocenters. The highest BCUT2D eigenvalue weighted by Gasteiger charge is 2.19. The Morgan fingerprint density at radius 2 is 1.86 bits per heavy atom. The van der Waals surface area contributed by atoms with Crippen molar-refractivity contribution in [2.24, 2.45) is 5.92 Å². The fourth-order valence-electron chi connectivity index (χ4n) is 2.87. The number of hydrogen-bond donors (Lipinski definition) is 1. The van der Waals surface area contributed by atoms with Crippen molar-refractivity contribution in [3.05, 3.63) is 59.9 Å². The van der Waals surface area contributed by atoms with E-state index in [1.54, 1.807) is 19.2 Å². The zero-order valence-corrected chi connectivity index (χ0v) is 16.9. The van der Waals surface area contributed by atoms with Gasteiger partial charge in [-0.3, -0.25) is 9.69 Å². The molecule has 2 rings (SSSR count). The van der Waals surface area contributed by atoms with Crippen molar-refractivity contribution >= 4 is 5.91 Å². The molecular formula is C22H29FN2O3. The Kier molecular flexibility index (Phi) is 8.26. The van der Waals surface area contributed by atoms with Crippen molar-refractivity contribution < 1.29 is 18.7 Å². The third-order valence-corrected chi connectivity index (χ3v) is 4.41. The molecule has 1 N–H and O–H groups in total. The topological polar surface area (TPSA) is 50.8 Å². The summed E-state index contributed by atoms with van der Waals surface area (Å²) in [5.74, 6) is 1.14. The summed E-state index contributed by atoms with van der Waals surface area (Å²) >= 11 is 0. The predicted octanol–water partition coefficient (Wildman–Crippen LogP) is 3.66. The van der Waals surface area contributed by atoms with Gasteiger partial charge in [-0.2, -0.15) is 0 Å². The van der Waals surface area contributed by atoms with Crippen molar-refractivity contribution in [1.29, 1.82) is 0 Å². The van der Waals surface area contributed by atoms with Gasteiger partial charge in [-0.25, -0.2) is 4.39 Å². The first-order valence-electron chi connectivity index (χ1n) is 9.39. The molecule has 0 fully saturated rings. The number of hydrogen-bond acceptors (Lipinski definition) is 4. The first-order valence-corrected chi connectivity index (χ1v) is 9.39. The lowest BCUT2D eigenvalue weighted by Gasteiger charge is -2.25. The summed E-state index contributed by atoms with van der Waals surface area (Å²) in [4.78, 5) is 14.3. The highest BCUT2D eigenvalue weighted by molar-refractivity contribution is 5.78. The van der Waals surface area contributed by atoms with Gasteiger partial charge in [0.2, 0.25) is 5.91 Å². The van der Waals surface area contributed by atoms with Crippen LogP contribution in [-0.2, 0) is 4.79 Å². The number of ether oxygens (including phenoxy) is 2. The molecule has 1 amide bonds. The van der Waals surface area contributed by atoms with Crippen LogP contribution in [0.25, 0.3) is 0 Å². The molecule has 5 nitrogen and oxygen atoms in total. The molecule has 0 aromatic heterocycles. The van der Waals surface area contributed by atoms with Crippen LogP contribution in [0.15, 0.2) is 48.5 Å². The average molecular weight is 388 g/mol. The Morgan fingerprint density at radius 3 is 2.46 bits per heavy atom. The number of amides is 1. The second kappa shape index (κ2) is 10.7. The summed E-state index contributed by atoms with van der Waals surface area (Å²) in [5.41, 5.74) is 1.04. The van der Waals surface area contributed by atoms with Gasteiger partial charge in [-0.05, 0) is 42.8 Å². The number of carbonyl (C=O) groups is 1. The minimum absolute atomic E-state index is 0.0530. The van der Waals surface area contributed by atoms with Crippen LogP contribution in [0.2, 0.25) is 0 Å². The maximum absolute atomic E-state index is 13.1. The SMILES string of the molecule is COc1ccc(C(NC(=O)CN(C)CCOc2cccc(F)c2)C(C)C)cc1. The van der Waals surface area contributed by atoms with E-state index in [9.17, 15) is 9.18 Å². The van der Waals surface area contributed by atoms with Gasteiger partial charge >= 0.3 is 0 Å². The Hall–Kier alpha value is -2.60. The Morgan fingerprint density at radius 1 is 1.14 bits per heavy atom. The largest absolute Gasteiger partial charge is 0.497 e. The van der Waals surface area contributed by atoms with Crippen molar-refractivity contribution in [3.8, 4) is 11.5 Å². The summed E-state index contributed by atoms with van der Waals surface area (Å²) in [6, 6.07) is 13.7. The van der Waals surface area contributed by atoms with Crippen molar-refractivity contribution in [3.63, 3.8) is 0 Å². The van der Waals surface area contributed by atoms with Crippen LogP contribution in [0.1, 0.15) is 25.5 Å². The zero-order chi connectivity index (χ0) is 20.5. The van der Waals surface area contributed by atoms with Crippen LogP contribution in [0.3, 0.4) is 0 Å². The average Bonchev–Trinajstić information content (AvgIpc) is 2.66. The number of carbonyl (C=O) groups excluding carboxylic acids is 1.